The van der Waals surface area contributed by atoms with E-state index in [-0.39, 0.29) is 8.46 Å². The first-order valence-corrected chi connectivity index (χ1v) is 4.20. The molecule has 0 radical (unpaired) electrons. The van der Waals surface area contributed by atoms with Gasteiger partial charge in [-0.25, -0.2) is 0 Å². The van der Waals surface area contributed by atoms with Crippen LogP contribution in [0.1, 0.15) is 0 Å². The molecule has 48 valence electrons. The summed E-state index contributed by atoms with van der Waals surface area (Å²) in [5.74, 6) is 0. The van der Waals surface area contributed by atoms with Crippen LogP contribution >= 0.6 is 43.3 Å². The van der Waals surface area contributed by atoms with Gasteiger partial charge in [-0.2, -0.15) is 0 Å². The van der Waals surface area contributed by atoms with Gasteiger partial charge in [0.25, 0.3) is 0 Å². The van der Waals surface area contributed by atoms with Gasteiger partial charge < -0.3 is 0 Å². The Balaban J connectivity index is 3.30. The van der Waals surface area contributed by atoms with Gasteiger partial charge in [-0.05, 0) is 0 Å². The summed E-state index contributed by atoms with van der Waals surface area (Å²) in [6.07, 6.45) is 0.305. The van der Waals surface area contributed by atoms with Gasteiger partial charge in [0.2, 0.25) is 0 Å². The maximum atomic E-state index is 9.82. The minimum absolute atomic E-state index is 0.0164. The minimum atomic E-state index is -0.627. The molecule has 0 spiro atoms. The van der Waals surface area contributed by atoms with Crippen molar-refractivity contribution in [2.75, 3.05) is 6.16 Å². The molecule has 5 heteroatoms. The molecule has 0 fully saturated rings. The van der Waals surface area contributed by atoms with Crippen molar-refractivity contribution in [2.45, 2.75) is 10.2 Å². The molecule has 0 saturated heterocycles. The fraction of sp³-hybridized carbons (Fsp3) is 1.00. The van der Waals surface area contributed by atoms with Crippen molar-refractivity contribution < 1.29 is 4.57 Å². The lowest BCUT2D eigenvalue weighted by molar-refractivity contribution is 0.598. The second-order valence-electron chi connectivity index (χ2n) is 1.16. The molecule has 0 heterocycles. The monoisotopic (exact) mass is 192 g/mol. The topological polar surface area (TPSA) is 17.1 Å². The zero-order valence-electron chi connectivity index (χ0n) is 3.85. The van der Waals surface area contributed by atoms with Gasteiger partial charge in [-0.1, -0.05) is 0 Å². The number of hydrogen-bond donors (Lipinski definition) is 0. The molecule has 0 aromatic rings. The first-order valence-electron chi connectivity index (χ1n) is 1.90. The summed E-state index contributed by atoms with van der Waals surface area (Å²) in [5, 5.41) is -0.405. The molecule has 0 aliphatic heterocycles. The summed E-state index contributed by atoms with van der Waals surface area (Å²) in [4.78, 5) is -0.627. The highest BCUT2D eigenvalue weighted by molar-refractivity contribution is 7.24. The standard InChI is InChI=1S/C3H4Cl3OP/c4-2(1-8-7)3(5)6/h2-3H,1H2. The summed E-state index contributed by atoms with van der Waals surface area (Å²) in [6.45, 7) is 0. The molecule has 0 bridgehead atoms. The molecular formula is C3H4Cl3OP. The van der Waals surface area contributed by atoms with Gasteiger partial charge in [-0.3, -0.25) is 4.57 Å². The lowest BCUT2D eigenvalue weighted by Gasteiger charge is -2.02. The molecule has 0 aliphatic carbocycles. The van der Waals surface area contributed by atoms with Crippen LogP contribution in [0.3, 0.4) is 0 Å². The Morgan fingerprint density at radius 1 is 1.38 bits per heavy atom. The van der Waals surface area contributed by atoms with Crippen molar-refractivity contribution in [3.63, 3.8) is 0 Å². The summed E-state index contributed by atoms with van der Waals surface area (Å²) in [7, 11) is -0.0164. The second kappa shape index (κ2) is 4.81. The van der Waals surface area contributed by atoms with E-state index in [9.17, 15) is 4.57 Å². The normalized spacial score (nSPS) is 15.0. The van der Waals surface area contributed by atoms with Crippen LogP contribution in [0.4, 0.5) is 0 Å². The smallest absolute Gasteiger partial charge is 0.156 e. The van der Waals surface area contributed by atoms with Gasteiger partial charge in [-0.15, -0.1) is 34.8 Å². The molecule has 8 heavy (non-hydrogen) atoms. The highest BCUT2D eigenvalue weighted by Gasteiger charge is 2.12. The Kier molecular flexibility index (Phi) is 5.40. The van der Waals surface area contributed by atoms with Gasteiger partial charge in [0, 0.05) is 6.16 Å². The predicted molar refractivity (Wildman–Crippen MR) is 37.6 cm³/mol. The predicted octanol–water partition coefficient (Wildman–Crippen LogP) is 2.69. The van der Waals surface area contributed by atoms with Crippen LogP contribution in [0.15, 0.2) is 0 Å². The quantitative estimate of drug-likeness (QED) is 0.497. The molecule has 1 unspecified atom stereocenters. The molecule has 0 aromatic heterocycles. The molecule has 0 amide bonds. The summed E-state index contributed by atoms with van der Waals surface area (Å²) in [6, 6.07) is 0. The van der Waals surface area contributed by atoms with Crippen LogP contribution in [0.5, 0.6) is 0 Å². The minimum Gasteiger partial charge on any atom is -0.275 e. The number of alkyl halides is 3. The Hall–Kier alpha value is 0.970. The van der Waals surface area contributed by atoms with Crippen molar-refractivity contribution in [3.05, 3.63) is 0 Å². The Bertz CT molecular complexity index is 76.9. The van der Waals surface area contributed by atoms with Crippen molar-refractivity contribution in [3.8, 4) is 0 Å². The van der Waals surface area contributed by atoms with Crippen molar-refractivity contribution in [1.82, 2.24) is 0 Å². The van der Waals surface area contributed by atoms with Crippen LogP contribution in [-0.2, 0) is 4.57 Å². The maximum absolute atomic E-state index is 9.82. The fourth-order valence-electron chi connectivity index (χ4n) is 0.151. The number of halogens is 3. The lowest BCUT2D eigenvalue weighted by Crippen LogP contribution is -2.09. The van der Waals surface area contributed by atoms with E-state index in [1.165, 1.54) is 0 Å². The van der Waals surface area contributed by atoms with Crippen LogP contribution < -0.4 is 0 Å². The van der Waals surface area contributed by atoms with E-state index in [0.29, 0.717) is 6.16 Å². The number of hydrogen-bond acceptors (Lipinski definition) is 1. The Labute approximate surface area is 64.5 Å². The van der Waals surface area contributed by atoms with Crippen LogP contribution in [0, 0.1) is 0 Å². The third kappa shape index (κ3) is 3.91. The van der Waals surface area contributed by atoms with Gasteiger partial charge >= 0.3 is 0 Å². The highest BCUT2D eigenvalue weighted by atomic mass is 35.5. The molecule has 1 nitrogen and oxygen atoms in total. The summed E-state index contributed by atoms with van der Waals surface area (Å²) in [5.41, 5.74) is 0. The van der Waals surface area contributed by atoms with Gasteiger partial charge in [0.05, 0.1) is 5.38 Å². The van der Waals surface area contributed by atoms with Crippen molar-refractivity contribution >= 4 is 43.3 Å². The maximum Gasteiger partial charge on any atom is 0.156 e. The molecule has 0 saturated carbocycles. The van der Waals surface area contributed by atoms with E-state index in [1.807, 2.05) is 0 Å². The number of rotatable bonds is 3. The van der Waals surface area contributed by atoms with E-state index in [0.717, 1.165) is 0 Å². The zero-order valence-corrected chi connectivity index (χ0v) is 7.01. The van der Waals surface area contributed by atoms with Crippen LogP contribution in [0.25, 0.3) is 0 Å². The lowest BCUT2D eigenvalue weighted by atomic mass is 10.5. The molecule has 1 atom stereocenters. The van der Waals surface area contributed by atoms with E-state index in [2.05, 4.69) is 0 Å². The van der Waals surface area contributed by atoms with E-state index >= 15 is 0 Å². The first kappa shape index (κ1) is 8.97. The van der Waals surface area contributed by atoms with Crippen LogP contribution in [-0.4, -0.2) is 16.4 Å². The third-order valence-corrected chi connectivity index (χ3v) is 2.55. The van der Waals surface area contributed by atoms with Gasteiger partial charge in [0.15, 0.2) is 8.46 Å². The van der Waals surface area contributed by atoms with E-state index in [1.54, 1.807) is 0 Å². The first-order chi connectivity index (χ1) is 3.68. The van der Waals surface area contributed by atoms with Crippen molar-refractivity contribution in [1.29, 1.82) is 0 Å². The highest BCUT2D eigenvalue weighted by Crippen LogP contribution is 2.17. The van der Waals surface area contributed by atoms with Crippen LogP contribution in [0.2, 0.25) is 0 Å². The molecule has 0 rings (SSSR count). The summed E-state index contributed by atoms with van der Waals surface area (Å²) < 4.78 is 9.82. The molecule has 0 aromatic carbocycles. The largest absolute Gasteiger partial charge is 0.275 e. The van der Waals surface area contributed by atoms with Crippen molar-refractivity contribution in [2.24, 2.45) is 0 Å². The average Bonchev–Trinajstić information content (AvgIpc) is 1.67. The SMILES string of the molecule is O=PCC(Cl)C(Cl)Cl. The Morgan fingerprint density at radius 2 is 1.88 bits per heavy atom. The fourth-order valence-corrected chi connectivity index (χ4v) is 1.10. The Morgan fingerprint density at radius 3 is 2.00 bits per heavy atom. The zero-order chi connectivity index (χ0) is 6.57. The average molecular weight is 193 g/mol. The molecular weight excluding hydrogens is 189 g/mol. The third-order valence-electron chi connectivity index (χ3n) is 0.522. The van der Waals surface area contributed by atoms with Gasteiger partial charge in [0.1, 0.15) is 4.84 Å². The van der Waals surface area contributed by atoms with E-state index < -0.39 is 10.2 Å². The van der Waals surface area contributed by atoms with E-state index in [4.69, 9.17) is 34.8 Å². The molecule has 0 aliphatic rings. The second-order valence-corrected chi connectivity index (χ2v) is 3.51. The molecule has 0 N–H and O–H groups in total. The summed E-state index contributed by atoms with van der Waals surface area (Å²) >= 11 is 16.0.